The molecule has 1 amide bonds. The number of aliphatic imine (C=N–C) groups is 2. The zero-order valence-corrected chi connectivity index (χ0v) is 9.26. The summed E-state index contributed by atoms with van der Waals surface area (Å²) in [5.74, 6) is 0.447. The van der Waals surface area contributed by atoms with E-state index < -0.39 is 0 Å². The number of hydrogen-bond acceptors (Lipinski definition) is 4. The number of H-pyrrole nitrogens is 1. The Morgan fingerprint density at radius 2 is 2.53 bits per heavy atom. The molecule has 0 aromatic carbocycles. The molecular formula is C11H13N5O. The lowest BCUT2D eigenvalue weighted by molar-refractivity contribution is -0.116. The molecule has 0 fully saturated rings. The van der Waals surface area contributed by atoms with Gasteiger partial charge in [0.25, 0.3) is 0 Å². The van der Waals surface area contributed by atoms with Crippen LogP contribution in [0.1, 0.15) is 5.69 Å². The Hall–Kier alpha value is -2.24. The molecule has 1 aromatic rings. The van der Waals surface area contributed by atoms with Crippen LogP contribution < -0.4 is 5.32 Å². The van der Waals surface area contributed by atoms with E-state index in [2.05, 4.69) is 25.3 Å². The highest BCUT2D eigenvalue weighted by atomic mass is 16.1. The number of hydrogen-bond donors (Lipinski definition) is 2. The first-order valence-electron chi connectivity index (χ1n) is 5.35. The Morgan fingerprint density at radius 1 is 1.59 bits per heavy atom. The van der Waals surface area contributed by atoms with E-state index >= 15 is 0 Å². The van der Waals surface area contributed by atoms with E-state index in [9.17, 15) is 4.79 Å². The molecule has 6 heteroatoms. The lowest BCUT2D eigenvalue weighted by Gasteiger charge is -1.99. The third-order valence-electron chi connectivity index (χ3n) is 2.19. The van der Waals surface area contributed by atoms with Crippen molar-refractivity contribution in [1.82, 2.24) is 15.3 Å². The molecule has 1 aliphatic heterocycles. The SMILES string of the molecule is O=C(C=CC1=NCC=N1)NCCc1cnc[nH]1. The number of nitrogens with zero attached hydrogens (tertiary/aromatic N) is 3. The van der Waals surface area contributed by atoms with Gasteiger partial charge in [-0.2, -0.15) is 0 Å². The fourth-order valence-corrected chi connectivity index (χ4v) is 1.36. The molecule has 6 nitrogen and oxygen atoms in total. The zero-order valence-electron chi connectivity index (χ0n) is 9.26. The maximum atomic E-state index is 11.4. The van der Waals surface area contributed by atoms with Gasteiger partial charge in [-0.25, -0.2) is 9.98 Å². The average Bonchev–Trinajstić information content (AvgIpc) is 2.99. The fraction of sp³-hybridized carbons (Fsp3) is 0.273. The van der Waals surface area contributed by atoms with Gasteiger partial charge in [0.15, 0.2) is 0 Å². The monoisotopic (exact) mass is 231 g/mol. The molecule has 0 unspecified atom stereocenters. The molecule has 17 heavy (non-hydrogen) atoms. The summed E-state index contributed by atoms with van der Waals surface area (Å²) in [6, 6.07) is 0. The van der Waals surface area contributed by atoms with Crippen LogP contribution in [0, 0.1) is 0 Å². The Balaban J connectivity index is 1.69. The average molecular weight is 231 g/mol. The van der Waals surface area contributed by atoms with Crippen LogP contribution in [-0.2, 0) is 11.2 Å². The number of carbonyl (C=O) groups is 1. The second-order valence-electron chi connectivity index (χ2n) is 3.46. The van der Waals surface area contributed by atoms with Crippen LogP contribution in [0.2, 0.25) is 0 Å². The second kappa shape index (κ2) is 5.74. The van der Waals surface area contributed by atoms with Gasteiger partial charge in [-0.15, -0.1) is 0 Å². The lowest BCUT2D eigenvalue weighted by atomic mass is 10.3. The number of carbonyl (C=O) groups excluding carboxylic acids is 1. The largest absolute Gasteiger partial charge is 0.352 e. The first-order chi connectivity index (χ1) is 8.34. The minimum absolute atomic E-state index is 0.144. The van der Waals surface area contributed by atoms with Crippen molar-refractivity contribution in [3.05, 3.63) is 30.4 Å². The highest BCUT2D eigenvalue weighted by molar-refractivity contribution is 6.05. The van der Waals surface area contributed by atoms with Gasteiger partial charge in [-0.05, 0) is 6.08 Å². The third kappa shape index (κ3) is 3.67. The maximum absolute atomic E-state index is 11.4. The van der Waals surface area contributed by atoms with Gasteiger partial charge in [0.05, 0.1) is 12.9 Å². The summed E-state index contributed by atoms with van der Waals surface area (Å²) in [5, 5.41) is 2.76. The summed E-state index contributed by atoms with van der Waals surface area (Å²) in [6.07, 6.45) is 8.84. The summed E-state index contributed by atoms with van der Waals surface area (Å²) in [7, 11) is 0. The highest BCUT2D eigenvalue weighted by Crippen LogP contribution is 1.92. The van der Waals surface area contributed by atoms with E-state index in [0.717, 1.165) is 12.1 Å². The Labute approximate surface area is 98.6 Å². The number of nitrogens with one attached hydrogen (secondary N) is 2. The van der Waals surface area contributed by atoms with Crippen LogP contribution in [0.4, 0.5) is 0 Å². The van der Waals surface area contributed by atoms with E-state index in [0.29, 0.717) is 18.9 Å². The van der Waals surface area contributed by atoms with Crippen molar-refractivity contribution in [3.63, 3.8) is 0 Å². The first kappa shape index (κ1) is 11.3. The molecular weight excluding hydrogens is 218 g/mol. The minimum atomic E-state index is -0.144. The van der Waals surface area contributed by atoms with Crippen molar-refractivity contribution in [2.75, 3.05) is 13.1 Å². The molecule has 2 heterocycles. The molecule has 0 aliphatic carbocycles. The number of amides is 1. The van der Waals surface area contributed by atoms with Crippen LogP contribution in [0.25, 0.3) is 0 Å². The molecule has 0 saturated carbocycles. The van der Waals surface area contributed by atoms with E-state index in [4.69, 9.17) is 0 Å². The molecule has 1 aromatic heterocycles. The number of aromatic nitrogens is 2. The van der Waals surface area contributed by atoms with Crippen LogP contribution in [0.5, 0.6) is 0 Å². The van der Waals surface area contributed by atoms with Gasteiger partial charge in [0.2, 0.25) is 5.91 Å². The first-order valence-corrected chi connectivity index (χ1v) is 5.35. The minimum Gasteiger partial charge on any atom is -0.352 e. The summed E-state index contributed by atoms with van der Waals surface area (Å²) < 4.78 is 0. The number of rotatable bonds is 5. The normalized spacial score (nSPS) is 14.2. The fourth-order valence-electron chi connectivity index (χ4n) is 1.36. The van der Waals surface area contributed by atoms with Crippen molar-refractivity contribution in [3.8, 4) is 0 Å². The Bertz CT molecular complexity index is 458. The number of aromatic amines is 1. The molecule has 1 aliphatic rings. The number of amidine groups is 1. The molecule has 0 atom stereocenters. The molecule has 2 rings (SSSR count). The standard InChI is InChI=1S/C11H13N5O/c17-11(2-1-10-13-5-6-14-10)15-4-3-9-7-12-8-16-9/h1-2,5,7-8H,3-4,6H2,(H,12,16)(H,15,17). The van der Waals surface area contributed by atoms with Crippen molar-refractivity contribution in [1.29, 1.82) is 0 Å². The third-order valence-corrected chi connectivity index (χ3v) is 2.19. The van der Waals surface area contributed by atoms with Gasteiger partial charge in [-0.3, -0.25) is 9.79 Å². The Morgan fingerprint density at radius 3 is 3.24 bits per heavy atom. The predicted molar refractivity (Wildman–Crippen MR) is 65.2 cm³/mol. The van der Waals surface area contributed by atoms with Crippen molar-refractivity contribution in [2.24, 2.45) is 9.98 Å². The van der Waals surface area contributed by atoms with Gasteiger partial charge >= 0.3 is 0 Å². The van der Waals surface area contributed by atoms with Crippen LogP contribution >= 0.6 is 0 Å². The van der Waals surface area contributed by atoms with Crippen molar-refractivity contribution >= 4 is 18.0 Å². The van der Waals surface area contributed by atoms with Crippen LogP contribution in [-0.4, -0.2) is 41.0 Å². The van der Waals surface area contributed by atoms with Gasteiger partial charge < -0.3 is 10.3 Å². The number of imidazole rings is 1. The second-order valence-corrected chi connectivity index (χ2v) is 3.46. The molecule has 0 saturated heterocycles. The van der Waals surface area contributed by atoms with Gasteiger partial charge in [-0.1, -0.05) is 0 Å². The summed E-state index contributed by atoms with van der Waals surface area (Å²) in [6.45, 7) is 1.17. The smallest absolute Gasteiger partial charge is 0.244 e. The topological polar surface area (TPSA) is 82.5 Å². The summed E-state index contributed by atoms with van der Waals surface area (Å²) in [4.78, 5) is 26.3. The molecule has 0 bridgehead atoms. The molecule has 2 N–H and O–H groups in total. The highest BCUT2D eigenvalue weighted by Gasteiger charge is 1.99. The quantitative estimate of drug-likeness (QED) is 0.705. The lowest BCUT2D eigenvalue weighted by Crippen LogP contribution is -2.23. The van der Waals surface area contributed by atoms with Gasteiger partial charge in [0.1, 0.15) is 5.84 Å². The van der Waals surface area contributed by atoms with Gasteiger partial charge in [0, 0.05) is 37.1 Å². The van der Waals surface area contributed by atoms with E-state index in [1.807, 2.05) is 0 Å². The van der Waals surface area contributed by atoms with E-state index in [1.54, 1.807) is 24.8 Å². The van der Waals surface area contributed by atoms with Crippen molar-refractivity contribution in [2.45, 2.75) is 6.42 Å². The van der Waals surface area contributed by atoms with Crippen molar-refractivity contribution < 1.29 is 4.79 Å². The molecule has 0 spiro atoms. The molecule has 0 radical (unpaired) electrons. The molecule has 88 valence electrons. The van der Waals surface area contributed by atoms with Crippen LogP contribution in [0.3, 0.4) is 0 Å². The zero-order chi connectivity index (χ0) is 11.9. The van der Waals surface area contributed by atoms with E-state index in [-0.39, 0.29) is 5.91 Å². The van der Waals surface area contributed by atoms with Crippen LogP contribution in [0.15, 0.2) is 34.7 Å². The summed E-state index contributed by atoms with van der Waals surface area (Å²) >= 11 is 0. The van der Waals surface area contributed by atoms with E-state index in [1.165, 1.54) is 6.08 Å². The Kier molecular flexibility index (Phi) is 3.80. The summed E-state index contributed by atoms with van der Waals surface area (Å²) in [5.41, 5.74) is 0.999. The predicted octanol–water partition coefficient (Wildman–Crippen LogP) is 0.107. The maximum Gasteiger partial charge on any atom is 0.244 e.